The van der Waals surface area contributed by atoms with Gasteiger partial charge in [-0.1, -0.05) is 45.0 Å². The lowest BCUT2D eigenvalue weighted by atomic mass is 9.84. The maximum Gasteiger partial charge on any atom is 0.239 e. The zero-order chi connectivity index (χ0) is 16.2. The van der Waals surface area contributed by atoms with Crippen molar-refractivity contribution in [3.8, 4) is 0 Å². The Hall–Kier alpha value is -1.39. The molecule has 0 saturated carbocycles. The van der Waals surface area contributed by atoms with Gasteiger partial charge in [-0.3, -0.25) is 4.79 Å². The molecule has 2 N–H and O–H groups in total. The number of carbonyl (C=O) groups is 1. The van der Waals surface area contributed by atoms with Crippen LogP contribution in [0.2, 0.25) is 0 Å². The summed E-state index contributed by atoms with van der Waals surface area (Å²) in [6.07, 6.45) is 0.962. The minimum absolute atomic E-state index is 0.0189. The lowest BCUT2D eigenvalue weighted by Gasteiger charge is -2.31. The van der Waals surface area contributed by atoms with Crippen molar-refractivity contribution in [1.29, 1.82) is 0 Å². The minimum atomic E-state index is -0.257. The molecule has 1 heterocycles. The number of hydrogen-bond donors (Lipinski definition) is 2. The van der Waals surface area contributed by atoms with Crippen molar-refractivity contribution >= 4 is 5.91 Å². The third-order valence-corrected chi connectivity index (χ3v) is 4.45. The first-order chi connectivity index (χ1) is 10.4. The van der Waals surface area contributed by atoms with Crippen LogP contribution in [-0.2, 0) is 21.4 Å². The number of rotatable bonds is 5. The van der Waals surface area contributed by atoms with Gasteiger partial charge in [0.1, 0.15) is 6.04 Å². The topological polar surface area (TPSA) is 50.4 Å². The molecule has 1 aliphatic rings. The average Bonchev–Trinajstić information content (AvgIpc) is 2.53. The summed E-state index contributed by atoms with van der Waals surface area (Å²) in [6, 6.07) is 8.40. The number of morpholine rings is 1. The van der Waals surface area contributed by atoms with Gasteiger partial charge in [0.25, 0.3) is 0 Å². The molecule has 1 aromatic rings. The van der Waals surface area contributed by atoms with E-state index in [4.69, 9.17) is 4.74 Å². The quantitative estimate of drug-likeness (QED) is 0.875. The van der Waals surface area contributed by atoms with Crippen molar-refractivity contribution in [3.05, 3.63) is 35.4 Å². The zero-order valence-electron chi connectivity index (χ0n) is 14.1. The Bertz CT molecular complexity index is 496. The number of benzene rings is 1. The van der Waals surface area contributed by atoms with E-state index in [0.29, 0.717) is 13.2 Å². The first kappa shape index (κ1) is 17.0. The fourth-order valence-corrected chi connectivity index (χ4v) is 2.74. The van der Waals surface area contributed by atoms with Gasteiger partial charge >= 0.3 is 0 Å². The van der Waals surface area contributed by atoms with Crippen LogP contribution in [0.15, 0.2) is 24.3 Å². The number of nitrogens with one attached hydrogen (secondary N) is 2. The molecular weight excluding hydrogens is 276 g/mol. The summed E-state index contributed by atoms with van der Waals surface area (Å²) in [5, 5.41) is 6.29. The standard InChI is InChI=1S/C18H28N2O2/c1-5-14-6-8-15(9-7-14)18(3,4)12-20-17(21)16-13(2)22-11-10-19-16/h6-9,13,16,19H,5,10-12H2,1-4H3,(H,20,21)/t13-,16+/m1/s1. The predicted octanol–water partition coefficient (Wildman–Crippen LogP) is 2.02. The van der Waals surface area contributed by atoms with E-state index in [9.17, 15) is 4.79 Å². The van der Waals surface area contributed by atoms with Crippen molar-refractivity contribution in [1.82, 2.24) is 10.6 Å². The molecule has 0 aromatic heterocycles. The highest BCUT2D eigenvalue weighted by atomic mass is 16.5. The molecule has 1 aliphatic heterocycles. The summed E-state index contributed by atoms with van der Waals surface area (Å²) < 4.78 is 5.53. The van der Waals surface area contributed by atoms with E-state index < -0.39 is 0 Å². The van der Waals surface area contributed by atoms with Crippen LogP contribution in [0.1, 0.15) is 38.8 Å². The van der Waals surface area contributed by atoms with Crippen LogP contribution in [0.5, 0.6) is 0 Å². The number of aryl methyl sites for hydroxylation is 1. The molecule has 22 heavy (non-hydrogen) atoms. The maximum absolute atomic E-state index is 12.3. The number of ether oxygens (including phenoxy) is 1. The number of hydrogen-bond acceptors (Lipinski definition) is 3. The van der Waals surface area contributed by atoms with Crippen LogP contribution in [0.25, 0.3) is 0 Å². The molecule has 1 fully saturated rings. The molecule has 1 amide bonds. The molecule has 0 aliphatic carbocycles. The third kappa shape index (κ3) is 4.08. The molecule has 122 valence electrons. The number of carbonyl (C=O) groups excluding carboxylic acids is 1. The molecule has 4 heteroatoms. The molecule has 0 spiro atoms. The fourth-order valence-electron chi connectivity index (χ4n) is 2.74. The van der Waals surface area contributed by atoms with Gasteiger partial charge in [0.05, 0.1) is 12.7 Å². The Balaban J connectivity index is 1.94. The summed E-state index contributed by atoms with van der Waals surface area (Å²) in [5.74, 6) is 0.0189. The molecule has 4 nitrogen and oxygen atoms in total. The van der Waals surface area contributed by atoms with Crippen molar-refractivity contribution in [2.75, 3.05) is 19.7 Å². The maximum atomic E-state index is 12.3. The van der Waals surface area contributed by atoms with E-state index in [1.807, 2.05) is 6.92 Å². The largest absolute Gasteiger partial charge is 0.375 e. The molecule has 1 saturated heterocycles. The Morgan fingerprint density at radius 1 is 1.36 bits per heavy atom. The van der Waals surface area contributed by atoms with Crippen molar-refractivity contribution in [3.63, 3.8) is 0 Å². The smallest absolute Gasteiger partial charge is 0.239 e. The zero-order valence-corrected chi connectivity index (χ0v) is 14.1. The van der Waals surface area contributed by atoms with Crippen LogP contribution < -0.4 is 10.6 Å². The average molecular weight is 304 g/mol. The first-order valence-corrected chi connectivity index (χ1v) is 8.16. The van der Waals surface area contributed by atoms with Gasteiger partial charge in [-0.25, -0.2) is 0 Å². The lowest BCUT2D eigenvalue weighted by Crippen LogP contribution is -2.56. The van der Waals surface area contributed by atoms with Gasteiger partial charge < -0.3 is 15.4 Å². The SMILES string of the molecule is CCc1ccc(C(C)(C)CNC(=O)[C@H]2NCCO[C@@H]2C)cc1. The molecular formula is C18H28N2O2. The second-order valence-electron chi connectivity index (χ2n) is 6.66. The molecule has 0 radical (unpaired) electrons. The van der Waals surface area contributed by atoms with Gasteiger partial charge in [0, 0.05) is 18.5 Å². The second kappa shape index (κ2) is 7.25. The monoisotopic (exact) mass is 304 g/mol. The van der Waals surface area contributed by atoms with Gasteiger partial charge in [-0.2, -0.15) is 0 Å². The molecule has 2 rings (SSSR count). The summed E-state index contributed by atoms with van der Waals surface area (Å²) in [6.45, 7) is 10.4. The van der Waals surface area contributed by atoms with E-state index >= 15 is 0 Å². The van der Waals surface area contributed by atoms with E-state index in [0.717, 1.165) is 13.0 Å². The fraction of sp³-hybridized carbons (Fsp3) is 0.611. The van der Waals surface area contributed by atoms with E-state index in [1.54, 1.807) is 0 Å². The Kier molecular flexibility index (Phi) is 5.59. The van der Waals surface area contributed by atoms with Crippen molar-refractivity contribution in [2.45, 2.75) is 51.7 Å². The Morgan fingerprint density at radius 2 is 2.05 bits per heavy atom. The van der Waals surface area contributed by atoms with Crippen molar-refractivity contribution in [2.24, 2.45) is 0 Å². The summed E-state index contributed by atoms with van der Waals surface area (Å²) >= 11 is 0. The highest BCUT2D eigenvalue weighted by Gasteiger charge is 2.30. The molecule has 0 bridgehead atoms. The Labute approximate surface area is 133 Å². The van der Waals surface area contributed by atoms with E-state index in [1.165, 1.54) is 11.1 Å². The summed E-state index contributed by atoms with van der Waals surface area (Å²) in [5.41, 5.74) is 2.48. The first-order valence-electron chi connectivity index (χ1n) is 8.16. The van der Waals surface area contributed by atoms with Gasteiger partial charge in [-0.15, -0.1) is 0 Å². The predicted molar refractivity (Wildman–Crippen MR) is 89.1 cm³/mol. The summed E-state index contributed by atoms with van der Waals surface area (Å²) in [7, 11) is 0. The minimum Gasteiger partial charge on any atom is -0.375 e. The lowest BCUT2D eigenvalue weighted by molar-refractivity contribution is -0.129. The molecule has 1 aromatic carbocycles. The Morgan fingerprint density at radius 3 is 2.64 bits per heavy atom. The van der Waals surface area contributed by atoms with Crippen LogP contribution in [0, 0.1) is 0 Å². The van der Waals surface area contributed by atoms with Crippen molar-refractivity contribution < 1.29 is 9.53 Å². The van der Waals surface area contributed by atoms with Crippen LogP contribution in [0.3, 0.4) is 0 Å². The van der Waals surface area contributed by atoms with E-state index in [-0.39, 0.29) is 23.5 Å². The molecule has 2 atom stereocenters. The number of amides is 1. The second-order valence-corrected chi connectivity index (χ2v) is 6.66. The van der Waals surface area contributed by atoms with E-state index in [2.05, 4.69) is 55.7 Å². The van der Waals surface area contributed by atoms with Gasteiger partial charge in [0.2, 0.25) is 5.91 Å². The molecule has 0 unspecified atom stereocenters. The van der Waals surface area contributed by atoms with Crippen LogP contribution in [0.4, 0.5) is 0 Å². The van der Waals surface area contributed by atoms with Gasteiger partial charge in [0.15, 0.2) is 0 Å². The highest BCUT2D eigenvalue weighted by Crippen LogP contribution is 2.23. The van der Waals surface area contributed by atoms with Crippen LogP contribution in [-0.4, -0.2) is 37.7 Å². The van der Waals surface area contributed by atoms with Crippen LogP contribution >= 0.6 is 0 Å². The third-order valence-electron chi connectivity index (χ3n) is 4.45. The highest BCUT2D eigenvalue weighted by molar-refractivity contribution is 5.82. The van der Waals surface area contributed by atoms with Gasteiger partial charge in [-0.05, 0) is 24.5 Å². The normalized spacial score (nSPS) is 22.4. The summed E-state index contributed by atoms with van der Waals surface area (Å²) in [4.78, 5) is 12.3.